The first-order chi connectivity index (χ1) is 11.1. The molecule has 1 amide bonds. The number of methoxy groups -OCH3 is 1. The first kappa shape index (κ1) is 20.0. The van der Waals surface area contributed by atoms with Gasteiger partial charge in [0.1, 0.15) is 12.3 Å². The van der Waals surface area contributed by atoms with Gasteiger partial charge in [0.05, 0.1) is 18.6 Å². The number of carbonyl (C=O) groups is 1. The molecule has 0 fully saturated rings. The summed E-state index contributed by atoms with van der Waals surface area (Å²) in [6.45, 7) is 0.876. The summed E-state index contributed by atoms with van der Waals surface area (Å²) < 4.78 is 66.9. The molecule has 0 aliphatic rings. The molecule has 0 saturated carbocycles. The van der Waals surface area contributed by atoms with Gasteiger partial charge in [-0.3, -0.25) is 4.79 Å². The number of amides is 1. The zero-order valence-electron chi connectivity index (χ0n) is 12.8. The normalized spacial score (nSPS) is 12.0. The van der Waals surface area contributed by atoms with E-state index in [4.69, 9.17) is 4.74 Å². The Bertz CT molecular complexity index is 672. The van der Waals surface area contributed by atoms with Gasteiger partial charge in [-0.15, -0.1) is 6.58 Å². The molecule has 0 atom stereocenters. The summed E-state index contributed by atoms with van der Waals surface area (Å²) in [6.07, 6.45) is -3.34. The van der Waals surface area contributed by atoms with Gasteiger partial charge in [-0.2, -0.15) is 17.5 Å². The molecular formula is C14H17F3N2O4S. The average Bonchev–Trinajstić information content (AvgIpc) is 2.52. The number of alkyl halides is 3. The maximum atomic E-state index is 12.5. The predicted octanol–water partition coefficient (Wildman–Crippen LogP) is 1.55. The summed E-state index contributed by atoms with van der Waals surface area (Å²) in [4.78, 5) is 11.5. The number of nitrogens with zero attached hydrogens (tertiary/aromatic N) is 1. The minimum atomic E-state index is -4.58. The van der Waals surface area contributed by atoms with Crippen LogP contribution in [0.1, 0.15) is 0 Å². The molecule has 0 unspecified atom stereocenters. The third-order valence-corrected chi connectivity index (χ3v) is 4.66. The maximum Gasteiger partial charge on any atom is 0.405 e. The average molecular weight is 366 g/mol. The molecule has 1 aromatic carbocycles. The molecule has 0 saturated heterocycles. The second-order valence-corrected chi connectivity index (χ2v) is 6.59. The largest absolute Gasteiger partial charge is 0.497 e. The van der Waals surface area contributed by atoms with Crippen LogP contribution in [0.4, 0.5) is 13.2 Å². The quantitative estimate of drug-likeness (QED) is 0.709. The Morgan fingerprint density at radius 3 is 2.38 bits per heavy atom. The van der Waals surface area contributed by atoms with Crippen molar-refractivity contribution in [2.45, 2.75) is 11.1 Å². The molecule has 0 heterocycles. The van der Waals surface area contributed by atoms with Crippen LogP contribution in [-0.4, -0.2) is 51.6 Å². The highest BCUT2D eigenvalue weighted by molar-refractivity contribution is 7.89. The highest BCUT2D eigenvalue weighted by Gasteiger charge is 2.30. The van der Waals surface area contributed by atoms with Crippen molar-refractivity contribution in [2.24, 2.45) is 0 Å². The van der Waals surface area contributed by atoms with Crippen molar-refractivity contribution in [3.63, 3.8) is 0 Å². The van der Waals surface area contributed by atoms with Crippen LogP contribution < -0.4 is 10.1 Å². The van der Waals surface area contributed by atoms with Gasteiger partial charge in [0.2, 0.25) is 15.9 Å². The van der Waals surface area contributed by atoms with Crippen LogP contribution in [-0.2, 0) is 14.8 Å². The molecule has 1 N–H and O–H groups in total. The standard InChI is InChI=1S/C14H17F3N2O4S/c1-3-8-19(9-13(20)18-10-14(15,16)17)24(21,22)12-6-4-11(23-2)5-7-12/h3-7H,1,8-10H2,2H3,(H,18,20). The van der Waals surface area contributed by atoms with E-state index in [1.807, 2.05) is 0 Å². The fourth-order valence-electron chi connectivity index (χ4n) is 1.70. The van der Waals surface area contributed by atoms with E-state index in [1.165, 1.54) is 37.5 Å². The van der Waals surface area contributed by atoms with E-state index >= 15 is 0 Å². The number of benzene rings is 1. The van der Waals surface area contributed by atoms with Crippen molar-refractivity contribution in [2.75, 3.05) is 26.7 Å². The van der Waals surface area contributed by atoms with E-state index in [1.54, 1.807) is 5.32 Å². The van der Waals surface area contributed by atoms with Crippen LogP contribution in [0, 0.1) is 0 Å². The van der Waals surface area contributed by atoms with Gasteiger partial charge in [0.15, 0.2) is 0 Å². The summed E-state index contributed by atoms with van der Waals surface area (Å²) in [5, 5.41) is 1.63. The molecule has 0 aromatic heterocycles. The summed E-state index contributed by atoms with van der Waals surface area (Å²) in [5.41, 5.74) is 0. The fraction of sp³-hybridized carbons (Fsp3) is 0.357. The molecule has 1 rings (SSSR count). The van der Waals surface area contributed by atoms with Crippen LogP contribution >= 0.6 is 0 Å². The second kappa shape index (κ2) is 8.15. The summed E-state index contributed by atoms with van der Waals surface area (Å²) in [7, 11) is -2.66. The van der Waals surface area contributed by atoms with Crippen molar-refractivity contribution in [3.8, 4) is 5.75 Å². The fourth-order valence-corrected chi connectivity index (χ4v) is 3.07. The maximum absolute atomic E-state index is 12.5. The molecule has 0 aliphatic heterocycles. The van der Waals surface area contributed by atoms with Gasteiger partial charge in [0.25, 0.3) is 0 Å². The topological polar surface area (TPSA) is 75.7 Å². The number of sulfonamides is 1. The minimum absolute atomic E-state index is 0.117. The smallest absolute Gasteiger partial charge is 0.405 e. The van der Waals surface area contributed by atoms with Gasteiger partial charge in [-0.05, 0) is 24.3 Å². The van der Waals surface area contributed by atoms with Gasteiger partial charge < -0.3 is 10.1 Å². The van der Waals surface area contributed by atoms with E-state index in [9.17, 15) is 26.4 Å². The minimum Gasteiger partial charge on any atom is -0.497 e. The van der Waals surface area contributed by atoms with E-state index in [2.05, 4.69) is 6.58 Å². The number of halogens is 3. The Labute approximate surface area is 138 Å². The molecule has 24 heavy (non-hydrogen) atoms. The number of hydrogen-bond acceptors (Lipinski definition) is 4. The first-order valence-electron chi connectivity index (χ1n) is 6.68. The molecule has 0 spiro atoms. The number of hydrogen-bond donors (Lipinski definition) is 1. The Balaban J connectivity index is 2.92. The van der Waals surface area contributed by atoms with E-state index in [0.29, 0.717) is 5.75 Å². The number of rotatable bonds is 8. The van der Waals surface area contributed by atoms with Gasteiger partial charge in [-0.1, -0.05) is 6.08 Å². The lowest BCUT2D eigenvalue weighted by atomic mass is 10.3. The lowest BCUT2D eigenvalue weighted by molar-refractivity contribution is -0.138. The zero-order chi connectivity index (χ0) is 18.4. The van der Waals surface area contributed by atoms with Crippen molar-refractivity contribution >= 4 is 15.9 Å². The van der Waals surface area contributed by atoms with Gasteiger partial charge in [0, 0.05) is 6.54 Å². The van der Waals surface area contributed by atoms with Crippen molar-refractivity contribution in [1.29, 1.82) is 0 Å². The first-order valence-corrected chi connectivity index (χ1v) is 8.12. The molecule has 0 bridgehead atoms. The lowest BCUT2D eigenvalue weighted by Crippen LogP contribution is -2.43. The van der Waals surface area contributed by atoms with Crippen molar-refractivity contribution < 1.29 is 31.1 Å². The monoisotopic (exact) mass is 366 g/mol. The molecule has 0 radical (unpaired) electrons. The molecule has 10 heteroatoms. The van der Waals surface area contributed by atoms with Crippen LogP contribution in [0.15, 0.2) is 41.8 Å². The molecule has 134 valence electrons. The Kier molecular flexibility index (Phi) is 6.79. The Morgan fingerprint density at radius 2 is 1.92 bits per heavy atom. The summed E-state index contributed by atoms with van der Waals surface area (Å²) in [5.74, 6) is -0.626. The Morgan fingerprint density at radius 1 is 1.33 bits per heavy atom. The second-order valence-electron chi connectivity index (χ2n) is 4.65. The van der Waals surface area contributed by atoms with E-state index in [-0.39, 0.29) is 11.4 Å². The van der Waals surface area contributed by atoms with Crippen LogP contribution in [0.25, 0.3) is 0 Å². The number of carbonyl (C=O) groups excluding carboxylic acids is 1. The number of nitrogens with one attached hydrogen (secondary N) is 1. The van der Waals surface area contributed by atoms with Crippen LogP contribution in [0.3, 0.4) is 0 Å². The molecule has 0 aliphatic carbocycles. The predicted molar refractivity (Wildman–Crippen MR) is 81.0 cm³/mol. The molecule has 1 aromatic rings. The third-order valence-electron chi connectivity index (χ3n) is 2.84. The SMILES string of the molecule is C=CCN(CC(=O)NCC(F)(F)F)S(=O)(=O)c1ccc(OC)cc1. The van der Waals surface area contributed by atoms with Crippen molar-refractivity contribution in [1.82, 2.24) is 9.62 Å². The lowest BCUT2D eigenvalue weighted by Gasteiger charge is -2.20. The Hall–Kier alpha value is -2.07. The molecular weight excluding hydrogens is 349 g/mol. The van der Waals surface area contributed by atoms with Gasteiger partial charge in [-0.25, -0.2) is 8.42 Å². The highest BCUT2D eigenvalue weighted by atomic mass is 32.2. The number of ether oxygens (including phenoxy) is 1. The molecule has 6 nitrogen and oxygen atoms in total. The zero-order valence-corrected chi connectivity index (χ0v) is 13.7. The van der Waals surface area contributed by atoms with Crippen molar-refractivity contribution in [3.05, 3.63) is 36.9 Å². The summed E-state index contributed by atoms with van der Waals surface area (Å²) in [6, 6.07) is 5.39. The van der Waals surface area contributed by atoms with Crippen LogP contribution in [0.5, 0.6) is 5.75 Å². The van der Waals surface area contributed by atoms with E-state index in [0.717, 1.165) is 4.31 Å². The van der Waals surface area contributed by atoms with E-state index < -0.39 is 35.2 Å². The van der Waals surface area contributed by atoms with Gasteiger partial charge >= 0.3 is 6.18 Å². The highest BCUT2D eigenvalue weighted by Crippen LogP contribution is 2.19. The summed E-state index contributed by atoms with van der Waals surface area (Å²) >= 11 is 0. The third kappa shape index (κ3) is 5.85. The van der Waals surface area contributed by atoms with Crippen LogP contribution in [0.2, 0.25) is 0 Å².